The summed E-state index contributed by atoms with van der Waals surface area (Å²) in [6.45, 7) is 2.41. The Kier molecular flexibility index (Phi) is 5.45. The van der Waals surface area contributed by atoms with Crippen LogP contribution in [0.3, 0.4) is 0 Å². The first-order valence-corrected chi connectivity index (χ1v) is 5.77. The number of hydrogen-bond acceptors (Lipinski definition) is 7. The average molecular weight is 268 g/mol. The van der Waals surface area contributed by atoms with E-state index in [-0.39, 0.29) is 29.8 Å². The molecule has 0 fully saturated rings. The molecule has 0 unspecified atom stereocenters. The van der Waals surface area contributed by atoms with Gasteiger partial charge in [0, 0.05) is 13.6 Å². The van der Waals surface area contributed by atoms with Crippen molar-refractivity contribution in [3.05, 3.63) is 16.4 Å². The van der Waals surface area contributed by atoms with Gasteiger partial charge in [-0.05, 0) is 6.42 Å². The molecule has 0 aromatic carbocycles. The number of nitrogens with zero attached hydrogens (tertiary/aromatic N) is 3. The van der Waals surface area contributed by atoms with Crippen molar-refractivity contribution in [3.8, 4) is 0 Å². The van der Waals surface area contributed by atoms with E-state index < -0.39 is 4.92 Å². The molecule has 0 aliphatic heterocycles. The van der Waals surface area contributed by atoms with Gasteiger partial charge in [-0.1, -0.05) is 6.92 Å². The fourth-order valence-corrected chi connectivity index (χ4v) is 1.35. The second kappa shape index (κ2) is 7.09. The smallest absolute Gasteiger partial charge is 0.353 e. The molecule has 9 nitrogen and oxygen atoms in total. The van der Waals surface area contributed by atoms with Gasteiger partial charge in [0.05, 0.1) is 11.5 Å². The lowest BCUT2D eigenvalue weighted by atomic mass is 10.4. The third-order valence-corrected chi connectivity index (χ3v) is 2.23. The van der Waals surface area contributed by atoms with E-state index in [2.05, 4.69) is 25.9 Å². The van der Waals surface area contributed by atoms with Crippen molar-refractivity contribution in [3.63, 3.8) is 0 Å². The Morgan fingerprint density at radius 1 is 1.42 bits per heavy atom. The average Bonchev–Trinajstić information content (AvgIpc) is 2.41. The van der Waals surface area contributed by atoms with Crippen molar-refractivity contribution in [1.82, 2.24) is 15.3 Å². The third kappa shape index (κ3) is 4.05. The number of carbonyl (C=O) groups is 1. The lowest BCUT2D eigenvalue weighted by Gasteiger charge is -2.08. The molecule has 1 amide bonds. The Labute approximate surface area is 110 Å². The number of aromatic nitrogens is 2. The molecule has 9 heteroatoms. The van der Waals surface area contributed by atoms with Crippen LogP contribution < -0.4 is 16.0 Å². The van der Waals surface area contributed by atoms with E-state index >= 15 is 0 Å². The summed E-state index contributed by atoms with van der Waals surface area (Å²) in [7, 11) is 1.52. The second-order valence-electron chi connectivity index (χ2n) is 3.63. The maximum absolute atomic E-state index is 11.4. The van der Waals surface area contributed by atoms with Gasteiger partial charge in [-0.25, -0.2) is 9.97 Å². The standard InChI is InChI=1S/C10H16N6O3/c1-3-4-12-7(17)5-13-10-8(16(18)19)9(11-2)14-6-15-10/h6H,3-5H2,1-2H3,(H,12,17)(H2,11,13,14,15). The Morgan fingerprint density at radius 2 is 2.11 bits per heavy atom. The highest BCUT2D eigenvalue weighted by Gasteiger charge is 2.22. The summed E-state index contributed by atoms with van der Waals surface area (Å²) in [6.07, 6.45) is 2.01. The van der Waals surface area contributed by atoms with Crippen LogP contribution >= 0.6 is 0 Å². The molecule has 19 heavy (non-hydrogen) atoms. The first-order chi connectivity index (χ1) is 9.10. The summed E-state index contributed by atoms with van der Waals surface area (Å²) in [5, 5.41) is 18.9. The topological polar surface area (TPSA) is 122 Å². The zero-order chi connectivity index (χ0) is 14.3. The van der Waals surface area contributed by atoms with Crippen LogP contribution in [0.2, 0.25) is 0 Å². The highest BCUT2D eigenvalue weighted by Crippen LogP contribution is 2.27. The van der Waals surface area contributed by atoms with Gasteiger partial charge in [0.15, 0.2) is 0 Å². The van der Waals surface area contributed by atoms with Crippen molar-refractivity contribution in [2.24, 2.45) is 0 Å². The minimum atomic E-state index is -0.599. The van der Waals surface area contributed by atoms with Crippen LogP contribution in [0.1, 0.15) is 13.3 Å². The Hall–Kier alpha value is -2.45. The molecule has 0 saturated heterocycles. The third-order valence-electron chi connectivity index (χ3n) is 2.23. The maximum atomic E-state index is 11.4. The molecule has 0 aliphatic carbocycles. The van der Waals surface area contributed by atoms with E-state index in [1.807, 2.05) is 6.92 Å². The second-order valence-corrected chi connectivity index (χ2v) is 3.63. The van der Waals surface area contributed by atoms with Crippen molar-refractivity contribution in [2.75, 3.05) is 30.8 Å². The predicted octanol–water partition coefficient (Wildman–Crippen LogP) is 0.365. The van der Waals surface area contributed by atoms with Gasteiger partial charge in [0.1, 0.15) is 6.33 Å². The van der Waals surface area contributed by atoms with Gasteiger partial charge in [0.2, 0.25) is 17.5 Å². The minimum absolute atomic E-state index is 0.0102. The summed E-state index contributed by atoms with van der Waals surface area (Å²) in [5.74, 6) is -0.145. The molecule has 0 radical (unpaired) electrons. The summed E-state index contributed by atoms with van der Waals surface area (Å²) in [5.41, 5.74) is -0.284. The summed E-state index contributed by atoms with van der Waals surface area (Å²) < 4.78 is 0. The monoisotopic (exact) mass is 268 g/mol. The largest absolute Gasteiger partial charge is 0.367 e. The van der Waals surface area contributed by atoms with E-state index in [9.17, 15) is 14.9 Å². The normalized spacial score (nSPS) is 9.79. The Morgan fingerprint density at radius 3 is 2.68 bits per heavy atom. The van der Waals surface area contributed by atoms with Crippen LogP contribution in [-0.2, 0) is 4.79 Å². The number of nitrogens with one attached hydrogen (secondary N) is 3. The molecule has 0 spiro atoms. The number of anilines is 2. The fraction of sp³-hybridized carbons (Fsp3) is 0.500. The zero-order valence-corrected chi connectivity index (χ0v) is 10.8. The van der Waals surface area contributed by atoms with Gasteiger partial charge in [-0.2, -0.15) is 0 Å². The molecular weight excluding hydrogens is 252 g/mol. The maximum Gasteiger partial charge on any atom is 0.353 e. The van der Waals surface area contributed by atoms with Gasteiger partial charge in [-0.15, -0.1) is 0 Å². The highest BCUT2D eigenvalue weighted by atomic mass is 16.6. The van der Waals surface area contributed by atoms with Crippen LogP contribution in [0, 0.1) is 10.1 Å². The molecular formula is C10H16N6O3. The number of hydrogen-bond donors (Lipinski definition) is 3. The lowest BCUT2D eigenvalue weighted by molar-refractivity contribution is -0.383. The van der Waals surface area contributed by atoms with Crippen molar-refractivity contribution in [2.45, 2.75) is 13.3 Å². The SMILES string of the molecule is CCCNC(=O)CNc1ncnc(NC)c1[N+](=O)[O-]. The molecule has 0 atom stereocenters. The van der Waals surface area contributed by atoms with Crippen molar-refractivity contribution in [1.29, 1.82) is 0 Å². The molecule has 104 valence electrons. The molecule has 1 rings (SSSR count). The number of rotatable bonds is 7. The Balaban J connectivity index is 2.78. The van der Waals surface area contributed by atoms with Crippen molar-refractivity contribution >= 4 is 23.2 Å². The van der Waals surface area contributed by atoms with Gasteiger partial charge in [0.25, 0.3) is 0 Å². The van der Waals surface area contributed by atoms with E-state index in [4.69, 9.17) is 0 Å². The molecule has 3 N–H and O–H groups in total. The Bertz CT molecular complexity index is 465. The van der Waals surface area contributed by atoms with Crippen LogP contribution in [0.5, 0.6) is 0 Å². The van der Waals surface area contributed by atoms with E-state index in [0.29, 0.717) is 6.54 Å². The number of amides is 1. The first-order valence-electron chi connectivity index (χ1n) is 5.77. The quantitative estimate of drug-likeness (QED) is 0.482. The van der Waals surface area contributed by atoms with Crippen LogP contribution in [0.25, 0.3) is 0 Å². The zero-order valence-electron chi connectivity index (χ0n) is 10.8. The summed E-state index contributed by atoms with van der Waals surface area (Å²) >= 11 is 0. The highest BCUT2D eigenvalue weighted by molar-refractivity contribution is 5.82. The first kappa shape index (κ1) is 14.6. The molecule has 1 aromatic rings. The van der Waals surface area contributed by atoms with Crippen LogP contribution in [0.4, 0.5) is 17.3 Å². The van der Waals surface area contributed by atoms with Crippen molar-refractivity contribution < 1.29 is 9.72 Å². The summed E-state index contributed by atoms with van der Waals surface area (Å²) in [4.78, 5) is 29.3. The molecule has 0 aliphatic rings. The molecule has 0 saturated carbocycles. The van der Waals surface area contributed by atoms with Crippen LogP contribution in [-0.4, -0.2) is 40.9 Å². The van der Waals surface area contributed by atoms with Gasteiger partial charge in [-0.3, -0.25) is 14.9 Å². The van der Waals surface area contributed by atoms with Gasteiger partial charge >= 0.3 is 5.69 Å². The predicted molar refractivity (Wildman–Crippen MR) is 70.0 cm³/mol. The van der Waals surface area contributed by atoms with Gasteiger partial charge < -0.3 is 16.0 Å². The number of carbonyl (C=O) groups excluding carboxylic acids is 1. The number of nitro groups is 1. The van der Waals surface area contributed by atoms with E-state index in [1.54, 1.807) is 0 Å². The fourth-order valence-electron chi connectivity index (χ4n) is 1.35. The lowest BCUT2D eigenvalue weighted by Crippen LogP contribution is -2.30. The van der Waals surface area contributed by atoms with E-state index in [1.165, 1.54) is 13.4 Å². The minimum Gasteiger partial charge on any atom is -0.367 e. The molecule has 1 heterocycles. The molecule has 1 aromatic heterocycles. The summed E-state index contributed by atoms with van der Waals surface area (Å²) in [6, 6.07) is 0. The van der Waals surface area contributed by atoms with Crippen LogP contribution in [0.15, 0.2) is 6.33 Å². The molecule has 0 bridgehead atoms. The van der Waals surface area contributed by atoms with E-state index in [0.717, 1.165) is 6.42 Å².